The topological polar surface area (TPSA) is 12.0 Å². The Morgan fingerprint density at radius 1 is 1.20 bits per heavy atom. The van der Waals surface area contributed by atoms with E-state index in [1.165, 1.54) is 17.4 Å². The van der Waals surface area contributed by atoms with Gasteiger partial charge in [-0.05, 0) is 31.2 Å². The summed E-state index contributed by atoms with van der Waals surface area (Å²) in [4.78, 5) is 0. The Labute approximate surface area is 128 Å². The molecule has 2 aromatic rings. The lowest BCUT2D eigenvalue weighted by Crippen LogP contribution is -2.09. The molecule has 0 aliphatic carbocycles. The number of alkyl halides is 3. The van der Waals surface area contributed by atoms with Gasteiger partial charge < -0.3 is 5.32 Å². The minimum atomic E-state index is -4.36. The lowest BCUT2D eigenvalue weighted by atomic mass is 10.1. The normalized spacial score (nSPS) is 13.3. The van der Waals surface area contributed by atoms with Crippen molar-refractivity contribution in [1.82, 2.24) is 0 Å². The number of hydrogen-bond acceptors (Lipinski definition) is 2. The fraction of sp³-hybridized carbons (Fsp3) is 0.231. The van der Waals surface area contributed by atoms with Crippen LogP contribution in [-0.4, -0.2) is 0 Å². The second-order valence-electron chi connectivity index (χ2n) is 4.22. The van der Waals surface area contributed by atoms with E-state index in [0.29, 0.717) is 14.4 Å². The van der Waals surface area contributed by atoms with Crippen molar-refractivity contribution < 1.29 is 13.2 Å². The van der Waals surface area contributed by atoms with Crippen molar-refractivity contribution in [2.45, 2.75) is 19.1 Å². The highest BCUT2D eigenvalue weighted by Gasteiger charge is 2.30. The summed E-state index contributed by atoms with van der Waals surface area (Å²) < 4.78 is 39.0. The minimum absolute atomic E-state index is 0.241. The summed E-state index contributed by atoms with van der Waals surface area (Å²) in [6.45, 7) is 1.81. The van der Waals surface area contributed by atoms with Crippen LogP contribution in [0.15, 0.2) is 30.3 Å². The maximum atomic E-state index is 12.6. The van der Waals surface area contributed by atoms with E-state index < -0.39 is 11.7 Å². The minimum Gasteiger partial charge on any atom is -0.378 e. The molecule has 1 aromatic carbocycles. The number of halogens is 5. The maximum Gasteiger partial charge on any atom is 0.416 e. The van der Waals surface area contributed by atoms with E-state index in [0.717, 1.165) is 17.7 Å². The molecule has 0 aliphatic rings. The lowest BCUT2D eigenvalue weighted by Gasteiger charge is -2.16. The van der Waals surface area contributed by atoms with Crippen LogP contribution < -0.4 is 5.32 Å². The Morgan fingerprint density at radius 2 is 1.90 bits per heavy atom. The first-order chi connectivity index (χ1) is 9.27. The molecule has 1 heterocycles. The zero-order valence-electron chi connectivity index (χ0n) is 10.3. The van der Waals surface area contributed by atoms with Crippen LogP contribution in [0.25, 0.3) is 0 Å². The smallest absolute Gasteiger partial charge is 0.378 e. The molecule has 0 aliphatic heterocycles. The number of rotatable bonds is 3. The number of nitrogens with one attached hydrogen (secondary N) is 1. The van der Waals surface area contributed by atoms with Gasteiger partial charge in [0.05, 0.1) is 20.3 Å². The summed E-state index contributed by atoms with van der Waals surface area (Å²) in [7, 11) is 0. The number of hydrogen-bond donors (Lipinski definition) is 1. The van der Waals surface area contributed by atoms with Crippen molar-refractivity contribution in [1.29, 1.82) is 0 Å². The molecule has 2 rings (SSSR count). The molecule has 1 nitrogen and oxygen atoms in total. The van der Waals surface area contributed by atoms with E-state index in [9.17, 15) is 13.2 Å². The molecule has 0 spiro atoms. The Morgan fingerprint density at radius 3 is 2.45 bits per heavy atom. The second kappa shape index (κ2) is 5.84. The maximum absolute atomic E-state index is 12.6. The molecule has 20 heavy (non-hydrogen) atoms. The first-order valence-electron chi connectivity index (χ1n) is 5.66. The zero-order chi connectivity index (χ0) is 14.9. The monoisotopic (exact) mass is 339 g/mol. The SMILES string of the molecule is CC(Nc1cccc(C(F)(F)F)c1)c1cc(Cl)sc1Cl. The fourth-order valence-corrected chi connectivity index (χ4v) is 3.41. The van der Waals surface area contributed by atoms with Crippen molar-refractivity contribution in [2.75, 3.05) is 5.32 Å². The molecule has 0 radical (unpaired) electrons. The molecule has 108 valence electrons. The largest absolute Gasteiger partial charge is 0.416 e. The standard InChI is InChI=1S/C13H10Cl2F3NS/c1-7(10-6-11(14)20-12(10)15)19-9-4-2-3-8(5-9)13(16,17)18/h2-7,19H,1H3. The average Bonchev–Trinajstić information content (AvgIpc) is 2.68. The second-order valence-corrected chi connectivity index (χ2v) is 6.51. The van der Waals surface area contributed by atoms with Gasteiger partial charge in [0, 0.05) is 11.3 Å². The molecule has 0 amide bonds. The van der Waals surface area contributed by atoms with Gasteiger partial charge in [-0.1, -0.05) is 29.3 Å². The van der Waals surface area contributed by atoms with Crippen molar-refractivity contribution in [3.05, 3.63) is 50.1 Å². The quantitative estimate of drug-likeness (QED) is 0.697. The highest BCUT2D eigenvalue weighted by atomic mass is 35.5. The number of thiophene rings is 1. The molecule has 1 aromatic heterocycles. The average molecular weight is 340 g/mol. The summed E-state index contributed by atoms with van der Waals surface area (Å²) in [6, 6.07) is 6.51. The van der Waals surface area contributed by atoms with E-state index in [4.69, 9.17) is 23.2 Å². The molecule has 1 N–H and O–H groups in total. The van der Waals surface area contributed by atoms with Gasteiger partial charge in [0.25, 0.3) is 0 Å². The van der Waals surface area contributed by atoms with E-state index in [1.807, 2.05) is 6.92 Å². The van der Waals surface area contributed by atoms with Crippen molar-refractivity contribution in [3.8, 4) is 0 Å². The highest BCUT2D eigenvalue weighted by molar-refractivity contribution is 7.20. The Bertz CT molecular complexity index is 610. The van der Waals surface area contributed by atoms with E-state index in [1.54, 1.807) is 12.1 Å². The molecule has 0 fully saturated rings. The summed E-state index contributed by atoms with van der Waals surface area (Å²) in [5.41, 5.74) is 0.453. The zero-order valence-corrected chi connectivity index (χ0v) is 12.6. The Balaban J connectivity index is 2.20. The van der Waals surface area contributed by atoms with Crippen LogP contribution in [0.1, 0.15) is 24.1 Å². The van der Waals surface area contributed by atoms with Gasteiger partial charge in [-0.2, -0.15) is 13.2 Å². The molecule has 1 atom stereocenters. The Kier molecular flexibility index (Phi) is 4.52. The van der Waals surface area contributed by atoms with Gasteiger partial charge in [0.15, 0.2) is 0 Å². The van der Waals surface area contributed by atoms with Gasteiger partial charge in [-0.3, -0.25) is 0 Å². The molecule has 0 saturated carbocycles. The summed E-state index contributed by atoms with van der Waals surface area (Å²) in [5, 5.41) is 2.99. The van der Waals surface area contributed by atoms with Crippen LogP contribution in [0.2, 0.25) is 8.67 Å². The van der Waals surface area contributed by atoms with Gasteiger partial charge in [-0.25, -0.2) is 0 Å². The lowest BCUT2D eigenvalue weighted by molar-refractivity contribution is -0.137. The van der Waals surface area contributed by atoms with Crippen LogP contribution in [0.3, 0.4) is 0 Å². The van der Waals surface area contributed by atoms with Gasteiger partial charge in [-0.15, -0.1) is 11.3 Å². The number of anilines is 1. The van der Waals surface area contributed by atoms with Crippen LogP contribution in [0.4, 0.5) is 18.9 Å². The van der Waals surface area contributed by atoms with Gasteiger partial charge in [0.2, 0.25) is 0 Å². The van der Waals surface area contributed by atoms with Crippen LogP contribution in [-0.2, 0) is 6.18 Å². The third-order valence-electron chi connectivity index (χ3n) is 2.72. The summed E-state index contributed by atoms with van der Waals surface area (Å²) in [5.74, 6) is 0. The molecule has 0 bridgehead atoms. The molecule has 7 heteroatoms. The third kappa shape index (κ3) is 3.59. The summed E-state index contributed by atoms with van der Waals surface area (Å²) in [6.07, 6.45) is -4.36. The Hall–Kier alpha value is -0.910. The number of benzene rings is 1. The molecule has 0 saturated heterocycles. The summed E-state index contributed by atoms with van der Waals surface area (Å²) >= 11 is 13.1. The van der Waals surface area contributed by atoms with E-state index >= 15 is 0 Å². The van der Waals surface area contributed by atoms with Crippen molar-refractivity contribution >= 4 is 40.2 Å². The molecular formula is C13H10Cl2F3NS. The molecular weight excluding hydrogens is 330 g/mol. The van der Waals surface area contributed by atoms with Gasteiger partial charge in [0.1, 0.15) is 0 Å². The first kappa shape index (κ1) is 15.5. The van der Waals surface area contributed by atoms with Crippen LogP contribution in [0.5, 0.6) is 0 Å². The highest BCUT2D eigenvalue weighted by Crippen LogP contribution is 2.37. The van der Waals surface area contributed by atoms with Crippen LogP contribution in [0, 0.1) is 0 Å². The fourth-order valence-electron chi connectivity index (χ4n) is 1.76. The van der Waals surface area contributed by atoms with E-state index in [-0.39, 0.29) is 6.04 Å². The van der Waals surface area contributed by atoms with Crippen molar-refractivity contribution in [2.24, 2.45) is 0 Å². The van der Waals surface area contributed by atoms with E-state index in [2.05, 4.69) is 5.32 Å². The van der Waals surface area contributed by atoms with Crippen molar-refractivity contribution in [3.63, 3.8) is 0 Å². The predicted molar refractivity (Wildman–Crippen MR) is 77.8 cm³/mol. The van der Waals surface area contributed by atoms with Gasteiger partial charge >= 0.3 is 6.18 Å². The van der Waals surface area contributed by atoms with Crippen LogP contribution >= 0.6 is 34.5 Å². The predicted octanol–water partition coefficient (Wildman–Crippen LogP) is 6.25. The first-order valence-corrected chi connectivity index (χ1v) is 7.23. The third-order valence-corrected chi connectivity index (χ3v) is 4.24. The molecule has 1 unspecified atom stereocenters.